The van der Waals surface area contributed by atoms with Gasteiger partial charge < -0.3 is 29.0 Å². The van der Waals surface area contributed by atoms with Crippen LogP contribution in [0, 0.1) is 5.82 Å². The molecular weight excluding hydrogens is 505 g/mol. The van der Waals surface area contributed by atoms with E-state index < -0.39 is 18.2 Å². The van der Waals surface area contributed by atoms with Gasteiger partial charge in [-0.25, -0.2) is 14.0 Å². The van der Waals surface area contributed by atoms with Crippen molar-refractivity contribution in [3.63, 3.8) is 0 Å². The highest BCUT2D eigenvalue weighted by atomic mass is 19.1. The minimum atomic E-state index is -1.00. The van der Waals surface area contributed by atoms with Crippen LogP contribution in [-0.2, 0) is 38.6 Å². The van der Waals surface area contributed by atoms with E-state index in [9.17, 15) is 19.1 Å². The Morgan fingerprint density at radius 2 is 1.49 bits per heavy atom. The summed E-state index contributed by atoms with van der Waals surface area (Å²) < 4.78 is 35.3. The highest BCUT2D eigenvalue weighted by Crippen LogP contribution is 2.15. The van der Waals surface area contributed by atoms with Gasteiger partial charge in [0, 0.05) is 19.6 Å². The van der Waals surface area contributed by atoms with Crippen LogP contribution in [0.25, 0.3) is 0 Å². The zero-order valence-corrected chi connectivity index (χ0v) is 22.0. The van der Waals surface area contributed by atoms with Crippen molar-refractivity contribution in [3.8, 4) is 5.75 Å². The normalized spacial score (nSPS) is 11.5. The van der Waals surface area contributed by atoms with E-state index in [4.69, 9.17) is 18.9 Å². The van der Waals surface area contributed by atoms with E-state index in [2.05, 4.69) is 0 Å². The van der Waals surface area contributed by atoms with Gasteiger partial charge in [0.05, 0.1) is 19.8 Å². The number of carbonyl (C=O) groups is 2. The number of nitrogens with zero attached hydrogens (tertiary/aromatic N) is 1. The van der Waals surface area contributed by atoms with Crippen LogP contribution >= 0.6 is 0 Å². The Bertz CT molecular complexity index is 1140. The average molecular weight is 540 g/mol. The van der Waals surface area contributed by atoms with Gasteiger partial charge in [-0.1, -0.05) is 54.6 Å². The number of halogens is 1. The van der Waals surface area contributed by atoms with E-state index in [0.29, 0.717) is 19.0 Å². The lowest BCUT2D eigenvalue weighted by atomic mass is 10.1. The first-order valence-corrected chi connectivity index (χ1v) is 12.8. The molecule has 0 fully saturated rings. The third-order valence-electron chi connectivity index (χ3n) is 5.77. The van der Waals surface area contributed by atoms with Crippen LogP contribution in [0.2, 0.25) is 0 Å². The van der Waals surface area contributed by atoms with Crippen LogP contribution in [0.15, 0.2) is 78.9 Å². The fraction of sp³-hybridized carbons (Fsp3) is 0.333. The number of carboxylic acid groups (broad SMARTS) is 1. The molecule has 1 N–H and O–H groups in total. The van der Waals surface area contributed by atoms with Crippen molar-refractivity contribution in [2.75, 3.05) is 32.9 Å². The molecule has 3 aromatic carbocycles. The number of carboxylic acids is 1. The molecule has 1 atom stereocenters. The van der Waals surface area contributed by atoms with E-state index in [-0.39, 0.29) is 45.1 Å². The first kappa shape index (κ1) is 29.6. The molecule has 0 bridgehead atoms. The summed E-state index contributed by atoms with van der Waals surface area (Å²) in [6.45, 7) is 3.54. The lowest BCUT2D eigenvalue weighted by Crippen LogP contribution is -2.37. The first-order valence-electron chi connectivity index (χ1n) is 12.8. The van der Waals surface area contributed by atoms with Crippen LogP contribution in [0.3, 0.4) is 0 Å². The van der Waals surface area contributed by atoms with E-state index in [1.165, 1.54) is 17.0 Å². The fourth-order valence-electron chi connectivity index (χ4n) is 3.68. The highest BCUT2D eigenvalue weighted by Gasteiger charge is 2.18. The maximum Gasteiger partial charge on any atom is 0.410 e. The number of hydrogen-bond donors (Lipinski definition) is 1. The predicted octanol–water partition coefficient (Wildman–Crippen LogP) is 5.09. The lowest BCUT2D eigenvalue weighted by molar-refractivity contribution is -0.149. The smallest absolute Gasteiger partial charge is 0.410 e. The van der Waals surface area contributed by atoms with Crippen LogP contribution in [0.5, 0.6) is 5.75 Å². The van der Waals surface area contributed by atoms with Gasteiger partial charge in [-0.2, -0.15) is 0 Å². The standard InChI is InChI=1S/C30H34FNO7/c1-2-37-28(29(33)34)20-23-10-14-27(15-11-23)38-19-17-32(30(35)39-22-24-6-4-3-5-7-24)16-18-36-21-25-8-12-26(31)13-9-25/h3-15,28H,2,16-22H2,1H3,(H,33,34). The Morgan fingerprint density at radius 3 is 2.15 bits per heavy atom. The van der Waals surface area contributed by atoms with Gasteiger partial charge in [-0.3, -0.25) is 0 Å². The molecule has 0 aliphatic carbocycles. The molecule has 39 heavy (non-hydrogen) atoms. The van der Waals surface area contributed by atoms with Gasteiger partial charge in [-0.15, -0.1) is 0 Å². The molecule has 9 heteroatoms. The molecule has 3 aromatic rings. The molecule has 208 valence electrons. The van der Waals surface area contributed by atoms with E-state index in [1.54, 1.807) is 43.3 Å². The number of amides is 1. The summed E-state index contributed by atoms with van der Waals surface area (Å²) in [7, 11) is 0. The quantitative estimate of drug-likeness (QED) is 0.253. The Labute approximate surface area is 227 Å². The second kappa shape index (κ2) is 16.1. The molecule has 0 saturated carbocycles. The zero-order chi connectivity index (χ0) is 27.9. The minimum absolute atomic E-state index is 0.147. The molecule has 0 spiro atoms. The highest BCUT2D eigenvalue weighted by molar-refractivity contribution is 5.72. The Morgan fingerprint density at radius 1 is 0.846 bits per heavy atom. The van der Waals surface area contributed by atoms with Gasteiger partial charge in [-0.05, 0) is 47.9 Å². The van der Waals surface area contributed by atoms with E-state index >= 15 is 0 Å². The summed E-state index contributed by atoms with van der Waals surface area (Å²) in [5, 5.41) is 9.27. The molecule has 8 nitrogen and oxygen atoms in total. The Kier molecular flexibility index (Phi) is 12.2. The number of aliphatic carboxylic acids is 1. The van der Waals surface area contributed by atoms with Crippen molar-refractivity contribution >= 4 is 12.1 Å². The number of hydrogen-bond acceptors (Lipinski definition) is 6. The number of rotatable bonds is 16. The van der Waals surface area contributed by atoms with Crippen molar-refractivity contribution in [3.05, 3.63) is 101 Å². The largest absolute Gasteiger partial charge is 0.492 e. The average Bonchev–Trinajstić information content (AvgIpc) is 2.95. The number of benzene rings is 3. The summed E-state index contributed by atoms with van der Waals surface area (Å²) >= 11 is 0. The predicted molar refractivity (Wildman–Crippen MR) is 143 cm³/mol. The van der Waals surface area contributed by atoms with Crippen LogP contribution in [0.4, 0.5) is 9.18 Å². The Balaban J connectivity index is 1.50. The molecule has 0 aliphatic rings. The topological polar surface area (TPSA) is 94.5 Å². The fourth-order valence-corrected chi connectivity index (χ4v) is 3.68. The zero-order valence-electron chi connectivity index (χ0n) is 22.0. The minimum Gasteiger partial charge on any atom is -0.492 e. The molecule has 0 saturated heterocycles. The monoisotopic (exact) mass is 539 g/mol. The lowest BCUT2D eigenvalue weighted by Gasteiger charge is -2.22. The Hall–Kier alpha value is -3.95. The number of carbonyl (C=O) groups excluding carboxylic acids is 1. The third-order valence-corrected chi connectivity index (χ3v) is 5.77. The molecule has 0 aromatic heterocycles. The third kappa shape index (κ3) is 10.7. The van der Waals surface area contributed by atoms with Crippen molar-refractivity contribution in [2.45, 2.75) is 32.7 Å². The SMILES string of the molecule is CCOC(Cc1ccc(OCCN(CCOCc2ccc(F)cc2)C(=O)OCc2ccccc2)cc1)C(=O)O. The molecule has 1 unspecified atom stereocenters. The van der Waals surface area contributed by atoms with Crippen LogP contribution in [0.1, 0.15) is 23.6 Å². The van der Waals surface area contributed by atoms with Crippen molar-refractivity contribution in [1.82, 2.24) is 4.90 Å². The van der Waals surface area contributed by atoms with Crippen molar-refractivity contribution in [1.29, 1.82) is 0 Å². The van der Waals surface area contributed by atoms with Gasteiger partial charge in [0.25, 0.3) is 0 Å². The summed E-state index contributed by atoms with van der Waals surface area (Å²) in [6, 6.07) is 22.5. The summed E-state index contributed by atoms with van der Waals surface area (Å²) in [6.07, 6.45) is -1.14. The van der Waals surface area contributed by atoms with Gasteiger partial charge in [0.15, 0.2) is 6.10 Å². The van der Waals surface area contributed by atoms with E-state index in [1.807, 2.05) is 30.3 Å². The second-order valence-electron chi connectivity index (χ2n) is 8.69. The molecule has 0 aliphatic heterocycles. The summed E-state index contributed by atoms with van der Waals surface area (Å²) in [5.74, 6) is -0.721. The van der Waals surface area contributed by atoms with Gasteiger partial charge in [0.1, 0.15) is 24.8 Å². The maximum atomic E-state index is 13.1. The summed E-state index contributed by atoms with van der Waals surface area (Å²) in [4.78, 5) is 25.6. The number of ether oxygens (including phenoxy) is 4. The molecule has 3 rings (SSSR count). The van der Waals surface area contributed by atoms with Gasteiger partial charge >= 0.3 is 12.1 Å². The van der Waals surface area contributed by atoms with Gasteiger partial charge in [0.2, 0.25) is 0 Å². The first-order chi connectivity index (χ1) is 18.9. The van der Waals surface area contributed by atoms with E-state index in [0.717, 1.165) is 16.7 Å². The van der Waals surface area contributed by atoms with Crippen molar-refractivity contribution in [2.24, 2.45) is 0 Å². The molecule has 1 amide bonds. The molecule has 0 heterocycles. The summed E-state index contributed by atoms with van der Waals surface area (Å²) in [5.41, 5.74) is 2.52. The second-order valence-corrected chi connectivity index (χ2v) is 8.69. The van der Waals surface area contributed by atoms with Crippen molar-refractivity contribution < 1.29 is 38.0 Å². The van der Waals surface area contributed by atoms with Crippen LogP contribution in [-0.4, -0.2) is 61.1 Å². The molecule has 0 radical (unpaired) electrons. The molecular formula is C30H34FNO7. The van der Waals surface area contributed by atoms with Crippen LogP contribution < -0.4 is 4.74 Å². The maximum absolute atomic E-state index is 13.1.